The third-order valence-electron chi connectivity index (χ3n) is 2.99. The molecular weight excluding hydrogens is 262 g/mol. The van der Waals surface area contributed by atoms with E-state index in [1.165, 1.54) is 0 Å². The molecule has 0 radical (unpaired) electrons. The van der Waals surface area contributed by atoms with Crippen LogP contribution in [0.25, 0.3) is 0 Å². The van der Waals surface area contributed by atoms with Gasteiger partial charge in [0.2, 0.25) is 0 Å². The number of hydrogen-bond donors (Lipinski definition) is 1. The lowest BCUT2D eigenvalue weighted by atomic mass is 10.1. The molecule has 0 bridgehead atoms. The number of nitrogens with zero attached hydrogens (tertiary/aromatic N) is 2. The van der Waals surface area contributed by atoms with Crippen LogP contribution in [0.4, 0.5) is 0 Å². The molecular formula is C14H18ClN3O. The molecule has 0 aliphatic rings. The minimum absolute atomic E-state index is 0.0286. The predicted octanol–water partition coefficient (Wildman–Crippen LogP) is 2.71. The Morgan fingerprint density at radius 3 is 2.84 bits per heavy atom. The minimum atomic E-state index is -0.0286. The Morgan fingerprint density at radius 1 is 1.47 bits per heavy atom. The summed E-state index contributed by atoms with van der Waals surface area (Å²) >= 11 is 6.16. The van der Waals surface area contributed by atoms with Crippen molar-refractivity contribution in [1.29, 1.82) is 0 Å². The summed E-state index contributed by atoms with van der Waals surface area (Å²) in [6.07, 6.45) is 4.44. The van der Waals surface area contributed by atoms with Crippen LogP contribution < -0.4 is 10.5 Å². The first kappa shape index (κ1) is 13.9. The highest BCUT2D eigenvalue weighted by molar-refractivity contribution is 6.32. The maximum absolute atomic E-state index is 6.16. The summed E-state index contributed by atoms with van der Waals surface area (Å²) < 4.78 is 7.65. The number of aryl methyl sites for hydroxylation is 1. The van der Waals surface area contributed by atoms with Crippen molar-refractivity contribution in [3.63, 3.8) is 0 Å². The molecule has 0 aliphatic heterocycles. The second-order valence-electron chi connectivity index (χ2n) is 4.53. The van der Waals surface area contributed by atoms with Crippen molar-refractivity contribution in [3.05, 3.63) is 47.0 Å². The SMILES string of the molecule is CC(N)c1ccc(OCCc2nccn2C)c(Cl)c1. The van der Waals surface area contributed by atoms with E-state index < -0.39 is 0 Å². The summed E-state index contributed by atoms with van der Waals surface area (Å²) in [5.74, 6) is 1.67. The Balaban J connectivity index is 1.95. The third kappa shape index (κ3) is 3.49. The Bertz CT molecular complexity index is 551. The van der Waals surface area contributed by atoms with E-state index in [1.54, 1.807) is 6.20 Å². The predicted molar refractivity (Wildman–Crippen MR) is 76.5 cm³/mol. The number of ether oxygens (including phenoxy) is 1. The molecule has 5 heteroatoms. The van der Waals surface area contributed by atoms with Crippen LogP contribution in [0.2, 0.25) is 5.02 Å². The summed E-state index contributed by atoms with van der Waals surface area (Å²) in [7, 11) is 1.97. The van der Waals surface area contributed by atoms with E-state index in [-0.39, 0.29) is 6.04 Å². The van der Waals surface area contributed by atoms with Gasteiger partial charge in [0.05, 0.1) is 11.6 Å². The topological polar surface area (TPSA) is 53.1 Å². The molecule has 0 saturated heterocycles. The molecule has 1 heterocycles. The molecule has 1 unspecified atom stereocenters. The maximum atomic E-state index is 6.16. The summed E-state index contributed by atoms with van der Waals surface area (Å²) in [5.41, 5.74) is 6.80. The summed E-state index contributed by atoms with van der Waals surface area (Å²) in [5, 5.41) is 0.592. The van der Waals surface area contributed by atoms with Gasteiger partial charge in [-0.2, -0.15) is 0 Å². The molecule has 1 aromatic carbocycles. The summed E-state index contributed by atoms with van der Waals surface area (Å²) in [6, 6.07) is 5.62. The molecule has 0 aliphatic carbocycles. The molecule has 102 valence electrons. The van der Waals surface area contributed by atoms with Gasteiger partial charge in [-0.25, -0.2) is 4.98 Å². The zero-order valence-electron chi connectivity index (χ0n) is 11.1. The van der Waals surface area contributed by atoms with Crippen molar-refractivity contribution in [2.75, 3.05) is 6.61 Å². The third-order valence-corrected chi connectivity index (χ3v) is 3.28. The molecule has 4 nitrogen and oxygen atoms in total. The molecule has 2 N–H and O–H groups in total. The summed E-state index contributed by atoms with van der Waals surface area (Å²) in [4.78, 5) is 4.24. The monoisotopic (exact) mass is 279 g/mol. The first-order chi connectivity index (χ1) is 9.08. The fourth-order valence-corrected chi connectivity index (χ4v) is 2.05. The van der Waals surface area contributed by atoms with Crippen molar-refractivity contribution < 1.29 is 4.74 Å². The highest BCUT2D eigenvalue weighted by atomic mass is 35.5. The normalized spacial score (nSPS) is 12.4. The van der Waals surface area contributed by atoms with E-state index >= 15 is 0 Å². The zero-order chi connectivity index (χ0) is 13.8. The fraction of sp³-hybridized carbons (Fsp3) is 0.357. The minimum Gasteiger partial charge on any atom is -0.492 e. The van der Waals surface area contributed by atoms with Gasteiger partial charge in [-0.05, 0) is 24.6 Å². The van der Waals surface area contributed by atoms with Gasteiger partial charge in [-0.15, -0.1) is 0 Å². The van der Waals surface area contributed by atoms with Gasteiger partial charge in [0.15, 0.2) is 0 Å². The molecule has 0 spiro atoms. The van der Waals surface area contributed by atoms with Crippen molar-refractivity contribution >= 4 is 11.6 Å². The van der Waals surface area contributed by atoms with E-state index in [4.69, 9.17) is 22.1 Å². The van der Waals surface area contributed by atoms with Gasteiger partial charge in [0.25, 0.3) is 0 Å². The molecule has 0 saturated carbocycles. The van der Waals surface area contributed by atoms with Gasteiger partial charge < -0.3 is 15.0 Å². The number of benzene rings is 1. The number of aromatic nitrogens is 2. The average molecular weight is 280 g/mol. The van der Waals surface area contributed by atoms with Gasteiger partial charge in [0, 0.05) is 31.9 Å². The van der Waals surface area contributed by atoms with E-state index in [0.29, 0.717) is 17.4 Å². The van der Waals surface area contributed by atoms with Gasteiger partial charge in [-0.1, -0.05) is 17.7 Å². The molecule has 19 heavy (non-hydrogen) atoms. The first-order valence-electron chi connectivity index (χ1n) is 6.22. The van der Waals surface area contributed by atoms with E-state index in [0.717, 1.165) is 17.8 Å². The highest BCUT2D eigenvalue weighted by Gasteiger charge is 2.06. The number of hydrogen-bond acceptors (Lipinski definition) is 3. The second-order valence-corrected chi connectivity index (χ2v) is 4.94. The van der Waals surface area contributed by atoms with Gasteiger partial charge >= 0.3 is 0 Å². The van der Waals surface area contributed by atoms with Crippen LogP contribution in [0.1, 0.15) is 24.4 Å². The molecule has 2 aromatic rings. The van der Waals surface area contributed by atoms with Crippen LogP contribution in [0, 0.1) is 0 Å². The van der Waals surface area contributed by atoms with Crippen molar-refractivity contribution in [3.8, 4) is 5.75 Å². The van der Waals surface area contributed by atoms with Crippen LogP contribution in [0.5, 0.6) is 5.75 Å². The standard InChI is InChI=1S/C14H18ClN3O/c1-10(16)11-3-4-13(12(15)9-11)19-8-5-14-17-6-7-18(14)2/h3-4,6-7,9-10H,5,8,16H2,1-2H3. The lowest BCUT2D eigenvalue weighted by Crippen LogP contribution is -2.07. The smallest absolute Gasteiger partial charge is 0.137 e. The number of nitrogens with two attached hydrogens (primary N) is 1. The molecule has 1 atom stereocenters. The number of rotatable bonds is 5. The molecule has 0 amide bonds. The zero-order valence-corrected chi connectivity index (χ0v) is 11.9. The van der Waals surface area contributed by atoms with Gasteiger partial charge in [-0.3, -0.25) is 0 Å². The largest absolute Gasteiger partial charge is 0.492 e. The lowest BCUT2D eigenvalue weighted by molar-refractivity contribution is 0.317. The number of imidazole rings is 1. The van der Waals surface area contributed by atoms with Crippen molar-refractivity contribution in [2.24, 2.45) is 12.8 Å². The summed E-state index contributed by atoms with van der Waals surface area (Å²) in [6.45, 7) is 2.47. The molecule has 1 aromatic heterocycles. The van der Waals surface area contributed by atoms with E-state index in [2.05, 4.69) is 4.98 Å². The fourth-order valence-electron chi connectivity index (χ4n) is 1.81. The van der Waals surface area contributed by atoms with Crippen LogP contribution >= 0.6 is 11.6 Å². The van der Waals surface area contributed by atoms with E-state index in [9.17, 15) is 0 Å². The molecule has 2 rings (SSSR count). The quantitative estimate of drug-likeness (QED) is 0.916. The number of halogens is 1. The van der Waals surface area contributed by atoms with Gasteiger partial charge in [0.1, 0.15) is 11.6 Å². The van der Waals surface area contributed by atoms with Crippen molar-refractivity contribution in [1.82, 2.24) is 9.55 Å². The Hall–Kier alpha value is -1.52. The Kier molecular flexibility index (Phi) is 4.45. The lowest BCUT2D eigenvalue weighted by Gasteiger charge is -2.11. The van der Waals surface area contributed by atoms with E-state index in [1.807, 2.05) is 42.9 Å². The second kappa shape index (κ2) is 6.08. The van der Waals surface area contributed by atoms with Crippen LogP contribution in [-0.2, 0) is 13.5 Å². The maximum Gasteiger partial charge on any atom is 0.137 e. The molecule has 0 fully saturated rings. The van der Waals surface area contributed by atoms with Crippen LogP contribution in [-0.4, -0.2) is 16.2 Å². The first-order valence-corrected chi connectivity index (χ1v) is 6.59. The average Bonchev–Trinajstić information content (AvgIpc) is 2.77. The Labute approximate surface area is 118 Å². The van der Waals surface area contributed by atoms with Crippen LogP contribution in [0.15, 0.2) is 30.6 Å². The van der Waals surface area contributed by atoms with Crippen LogP contribution in [0.3, 0.4) is 0 Å². The highest BCUT2D eigenvalue weighted by Crippen LogP contribution is 2.27. The Morgan fingerprint density at radius 2 is 2.26 bits per heavy atom. The van der Waals surface area contributed by atoms with Crippen molar-refractivity contribution in [2.45, 2.75) is 19.4 Å².